The third kappa shape index (κ3) is 4.12. The molecule has 2 atom stereocenters. The SMILES string of the molecule is CC(C)C(CC(=O)N1CCCC(C)(C(=O)O)C1)c1ccccc1. The molecular formula is C19H27NO3. The van der Waals surface area contributed by atoms with Crippen LogP contribution in [-0.4, -0.2) is 35.0 Å². The average Bonchev–Trinajstić information content (AvgIpc) is 2.52. The monoisotopic (exact) mass is 317 g/mol. The lowest BCUT2D eigenvalue weighted by Crippen LogP contribution is -2.48. The number of amides is 1. The van der Waals surface area contributed by atoms with Gasteiger partial charge < -0.3 is 10.0 Å². The van der Waals surface area contributed by atoms with Crippen molar-refractivity contribution in [1.82, 2.24) is 4.90 Å². The highest BCUT2D eigenvalue weighted by molar-refractivity contribution is 5.80. The van der Waals surface area contributed by atoms with Crippen LogP contribution in [0.2, 0.25) is 0 Å². The van der Waals surface area contributed by atoms with Crippen LogP contribution in [-0.2, 0) is 9.59 Å². The lowest BCUT2D eigenvalue weighted by atomic mass is 9.81. The van der Waals surface area contributed by atoms with E-state index in [0.29, 0.717) is 31.8 Å². The summed E-state index contributed by atoms with van der Waals surface area (Å²) < 4.78 is 0. The Balaban J connectivity index is 2.09. The number of nitrogens with zero attached hydrogens (tertiary/aromatic N) is 1. The van der Waals surface area contributed by atoms with E-state index in [0.717, 1.165) is 6.42 Å². The number of benzene rings is 1. The van der Waals surface area contributed by atoms with Gasteiger partial charge in [-0.3, -0.25) is 9.59 Å². The van der Waals surface area contributed by atoms with Crippen molar-refractivity contribution in [3.63, 3.8) is 0 Å². The third-order valence-electron chi connectivity index (χ3n) is 4.99. The number of likely N-dealkylation sites (tertiary alicyclic amines) is 1. The molecule has 4 nitrogen and oxygen atoms in total. The van der Waals surface area contributed by atoms with Crippen molar-refractivity contribution in [2.24, 2.45) is 11.3 Å². The van der Waals surface area contributed by atoms with Gasteiger partial charge in [0.15, 0.2) is 0 Å². The first kappa shape index (κ1) is 17.5. The molecule has 1 N–H and O–H groups in total. The summed E-state index contributed by atoms with van der Waals surface area (Å²) in [6, 6.07) is 10.1. The molecule has 1 fully saturated rings. The van der Waals surface area contributed by atoms with Crippen LogP contribution >= 0.6 is 0 Å². The number of carboxylic acids is 1. The lowest BCUT2D eigenvalue weighted by Gasteiger charge is -2.38. The van der Waals surface area contributed by atoms with Crippen LogP contribution < -0.4 is 0 Å². The van der Waals surface area contributed by atoms with Gasteiger partial charge in [0.2, 0.25) is 5.91 Å². The number of carboxylic acid groups (broad SMARTS) is 1. The van der Waals surface area contributed by atoms with Gasteiger partial charge in [0.25, 0.3) is 0 Å². The molecule has 0 aliphatic carbocycles. The van der Waals surface area contributed by atoms with E-state index in [2.05, 4.69) is 26.0 Å². The summed E-state index contributed by atoms with van der Waals surface area (Å²) in [5.41, 5.74) is 0.363. The minimum atomic E-state index is -0.812. The van der Waals surface area contributed by atoms with E-state index in [4.69, 9.17) is 0 Å². The topological polar surface area (TPSA) is 57.6 Å². The van der Waals surface area contributed by atoms with Gasteiger partial charge in [0.1, 0.15) is 0 Å². The maximum absolute atomic E-state index is 12.7. The molecule has 1 heterocycles. The number of piperidine rings is 1. The fourth-order valence-electron chi connectivity index (χ4n) is 3.38. The van der Waals surface area contributed by atoms with Crippen LogP contribution in [0, 0.1) is 11.3 Å². The summed E-state index contributed by atoms with van der Waals surface area (Å²) in [6.07, 6.45) is 1.84. The van der Waals surface area contributed by atoms with E-state index < -0.39 is 11.4 Å². The van der Waals surface area contributed by atoms with Gasteiger partial charge >= 0.3 is 5.97 Å². The summed E-state index contributed by atoms with van der Waals surface area (Å²) in [5.74, 6) is -0.211. The Labute approximate surface area is 138 Å². The predicted octanol–water partition coefficient (Wildman–Crippen LogP) is 3.53. The Hall–Kier alpha value is -1.84. The second kappa shape index (κ2) is 7.16. The lowest BCUT2D eigenvalue weighted by molar-refractivity contribution is -0.153. The Morgan fingerprint density at radius 3 is 2.48 bits per heavy atom. The first-order chi connectivity index (χ1) is 10.8. The molecular weight excluding hydrogens is 290 g/mol. The predicted molar refractivity (Wildman–Crippen MR) is 90.2 cm³/mol. The van der Waals surface area contributed by atoms with Gasteiger partial charge in [-0.25, -0.2) is 0 Å². The van der Waals surface area contributed by atoms with Crippen molar-refractivity contribution in [3.05, 3.63) is 35.9 Å². The number of carbonyl (C=O) groups is 2. The number of hydrogen-bond acceptors (Lipinski definition) is 2. The van der Waals surface area contributed by atoms with Gasteiger partial charge in [-0.05, 0) is 37.2 Å². The van der Waals surface area contributed by atoms with Crippen molar-refractivity contribution in [2.45, 2.75) is 46.0 Å². The summed E-state index contributed by atoms with van der Waals surface area (Å²) in [5, 5.41) is 9.41. The molecule has 1 aliphatic rings. The van der Waals surface area contributed by atoms with Crippen LogP contribution in [0.1, 0.15) is 51.5 Å². The molecule has 126 valence electrons. The maximum atomic E-state index is 12.7. The average molecular weight is 317 g/mol. The zero-order valence-corrected chi connectivity index (χ0v) is 14.3. The first-order valence-electron chi connectivity index (χ1n) is 8.39. The summed E-state index contributed by atoms with van der Waals surface area (Å²) >= 11 is 0. The van der Waals surface area contributed by atoms with Gasteiger partial charge in [0, 0.05) is 19.5 Å². The van der Waals surface area contributed by atoms with Crippen LogP contribution in [0.25, 0.3) is 0 Å². The Bertz CT molecular complexity index is 555. The molecule has 0 spiro atoms. The minimum absolute atomic E-state index is 0.0692. The molecule has 1 aliphatic heterocycles. The first-order valence-corrected chi connectivity index (χ1v) is 8.39. The number of aliphatic carboxylic acids is 1. The third-order valence-corrected chi connectivity index (χ3v) is 4.99. The highest BCUT2D eigenvalue weighted by Crippen LogP contribution is 2.33. The molecule has 0 saturated carbocycles. The second-order valence-corrected chi connectivity index (χ2v) is 7.25. The van der Waals surface area contributed by atoms with Gasteiger partial charge in [-0.15, -0.1) is 0 Å². The van der Waals surface area contributed by atoms with E-state index in [1.807, 2.05) is 18.2 Å². The van der Waals surface area contributed by atoms with Gasteiger partial charge in [-0.2, -0.15) is 0 Å². The largest absolute Gasteiger partial charge is 0.481 e. The van der Waals surface area contributed by atoms with Crippen molar-refractivity contribution in [1.29, 1.82) is 0 Å². The van der Waals surface area contributed by atoms with Crippen molar-refractivity contribution in [2.75, 3.05) is 13.1 Å². The van der Waals surface area contributed by atoms with Crippen molar-refractivity contribution < 1.29 is 14.7 Å². The van der Waals surface area contributed by atoms with Crippen molar-refractivity contribution in [3.8, 4) is 0 Å². The molecule has 4 heteroatoms. The summed E-state index contributed by atoms with van der Waals surface area (Å²) in [7, 11) is 0. The van der Waals surface area contributed by atoms with Crippen LogP contribution in [0.4, 0.5) is 0 Å². The highest BCUT2D eigenvalue weighted by Gasteiger charge is 2.39. The normalized spacial score (nSPS) is 22.9. The van der Waals surface area contributed by atoms with E-state index in [1.54, 1.807) is 11.8 Å². The van der Waals surface area contributed by atoms with Crippen LogP contribution in [0.5, 0.6) is 0 Å². The fraction of sp³-hybridized carbons (Fsp3) is 0.579. The molecule has 1 amide bonds. The van der Waals surface area contributed by atoms with E-state index in [1.165, 1.54) is 5.56 Å². The molecule has 2 unspecified atom stereocenters. The fourth-order valence-corrected chi connectivity index (χ4v) is 3.38. The quantitative estimate of drug-likeness (QED) is 0.904. The number of hydrogen-bond donors (Lipinski definition) is 1. The van der Waals surface area contributed by atoms with Crippen LogP contribution in [0.15, 0.2) is 30.3 Å². The number of carbonyl (C=O) groups excluding carboxylic acids is 1. The summed E-state index contributed by atoms with van der Waals surface area (Å²) in [4.78, 5) is 25.9. The zero-order valence-electron chi connectivity index (χ0n) is 14.3. The molecule has 23 heavy (non-hydrogen) atoms. The molecule has 0 aromatic heterocycles. The Morgan fingerprint density at radius 1 is 1.26 bits per heavy atom. The van der Waals surface area contributed by atoms with Gasteiger partial charge in [-0.1, -0.05) is 44.2 Å². The Kier molecular flexibility index (Phi) is 5.45. The minimum Gasteiger partial charge on any atom is -0.481 e. The standard InChI is InChI=1S/C19H27NO3/c1-14(2)16(15-8-5-4-6-9-15)12-17(21)20-11-7-10-19(3,13-20)18(22)23/h4-6,8-9,14,16H,7,10-13H2,1-3H3,(H,22,23). The molecule has 2 rings (SSSR count). The maximum Gasteiger partial charge on any atom is 0.311 e. The Morgan fingerprint density at radius 2 is 1.91 bits per heavy atom. The molecule has 1 aromatic carbocycles. The van der Waals surface area contributed by atoms with E-state index in [-0.39, 0.29) is 11.8 Å². The molecule has 0 bridgehead atoms. The second-order valence-electron chi connectivity index (χ2n) is 7.25. The van der Waals surface area contributed by atoms with Gasteiger partial charge in [0.05, 0.1) is 5.41 Å². The zero-order chi connectivity index (χ0) is 17.0. The van der Waals surface area contributed by atoms with Crippen molar-refractivity contribution >= 4 is 11.9 Å². The summed E-state index contributed by atoms with van der Waals surface area (Å²) in [6.45, 7) is 6.99. The number of rotatable bonds is 5. The molecule has 1 aromatic rings. The van der Waals surface area contributed by atoms with E-state index >= 15 is 0 Å². The van der Waals surface area contributed by atoms with Crippen LogP contribution in [0.3, 0.4) is 0 Å². The highest BCUT2D eigenvalue weighted by atomic mass is 16.4. The smallest absolute Gasteiger partial charge is 0.311 e. The van der Waals surface area contributed by atoms with E-state index in [9.17, 15) is 14.7 Å². The molecule has 1 saturated heterocycles. The molecule has 0 radical (unpaired) electrons.